The van der Waals surface area contributed by atoms with Gasteiger partial charge in [-0.25, -0.2) is 0 Å². The number of hydrogen-bond donors (Lipinski definition) is 0. The fourth-order valence-electron chi connectivity index (χ4n) is 8.18. The summed E-state index contributed by atoms with van der Waals surface area (Å²) in [5.74, 6) is 3.43. The number of halogens is 1. The van der Waals surface area contributed by atoms with Crippen LogP contribution in [-0.2, 0) is 14.3 Å². The van der Waals surface area contributed by atoms with Gasteiger partial charge in [-0.05, 0) is 92.3 Å². The molecule has 4 heteroatoms. The number of alkyl halides is 1. The minimum absolute atomic E-state index is 0.128. The van der Waals surface area contributed by atoms with Crippen LogP contribution in [0.2, 0.25) is 0 Å². The largest absolute Gasteiger partial charge is 0.463 e. The van der Waals surface area contributed by atoms with E-state index in [0.29, 0.717) is 17.3 Å². The molecule has 4 saturated carbocycles. The van der Waals surface area contributed by atoms with Gasteiger partial charge in [-0.15, -0.1) is 11.6 Å². The van der Waals surface area contributed by atoms with Crippen LogP contribution in [-0.4, -0.2) is 23.7 Å². The SMILES string of the molecule is CC(=O)OC1CCC2(C)C(CCC3C2CCC2(C)C(C(=O)CCl)CCC32)C1. The lowest BCUT2D eigenvalue weighted by Crippen LogP contribution is -2.54. The van der Waals surface area contributed by atoms with Crippen molar-refractivity contribution in [1.29, 1.82) is 0 Å². The first kappa shape index (κ1) is 19.7. The van der Waals surface area contributed by atoms with Gasteiger partial charge in [-0.3, -0.25) is 9.59 Å². The molecule has 0 aromatic heterocycles. The number of esters is 1. The van der Waals surface area contributed by atoms with E-state index in [-0.39, 0.29) is 35.1 Å². The van der Waals surface area contributed by atoms with Crippen molar-refractivity contribution in [3.8, 4) is 0 Å². The van der Waals surface area contributed by atoms with Crippen LogP contribution in [0, 0.1) is 40.4 Å². The smallest absolute Gasteiger partial charge is 0.302 e. The van der Waals surface area contributed by atoms with E-state index in [0.717, 1.165) is 31.1 Å². The van der Waals surface area contributed by atoms with Crippen molar-refractivity contribution >= 4 is 23.4 Å². The summed E-state index contributed by atoms with van der Waals surface area (Å²) in [5, 5.41) is 0. The first-order valence-electron chi connectivity index (χ1n) is 11.1. The van der Waals surface area contributed by atoms with Crippen molar-refractivity contribution in [2.24, 2.45) is 40.4 Å². The monoisotopic (exact) mass is 394 g/mol. The molecular weight excluding hydrogens is 360 g/mol. The third-order valence-electron chi connectivity index (χ3n) is 9.47. The molecule has 0 N–H and O–H groups in total. The van der Waals surface area contributed by atoms with Crippen LogP contribution in [0.25, 0.3) is 0 Å². The Morgan fingerprint density at radius 3 is 2.37 bits per heavy atom. The third kappa shape index (κ3) is 3.07. The lowest BCUT2D eigenvalue weighted by molar-refractivity contribution is -0.160. The van der Waals surface area contributed by atoms with Crippen molar-refractivity contribution in [1.82, 2.24) is 0 Å². The van der Waals surface area contributed by atoms with Crippen molar-refractivity contribution in [2.45, 2.75) is 84.7 Å². The number of carbonyl (C=O) groups is 2. The molecule has 152 valence electrons. The van der Waals surface area contributed by atoms with Gasteiger partial charge < -0.3 is 4.74 Å². The number of hydrogen-bond acceptors (Lipinski definition) is 3. The van der Waals surface area contributed by atoms with Crippen molar-refractivity contribution in [3.63, 3.8) is 0 Å². The molecule has 0 radical (unpaired) electrons. The van der Waals surface area contributed by atoms with Crippen molar-refractivity contribution < 1.29 is 14.3 Å². The summed E-state index contributed by atoms with van der Waals surface area (Å²) in [6.07, 6.45) is 10.6. The average molecular weight is 395 g/mol. The average Bonchev–Trinajstić information content (AvgIpc) is 2.98. The maximum absolute atomic E-state index is 12.5. The fraction of sp³-hybridized carbons (Fsp3) is 0.913. The van der Waals surface area contributed by atoms with E-state index in [2.05, 4.69) is 13.8 Å². The summed E-state index contributed by atoms with van der Waals surface area (Å²) in [7, 11) is 0. The van der Waals surface area contributed by atoms with Gasteiger partial charge >= 0.3 is 5.97 Å². The fourth-order valence-corrected chi connectivity index (χ4v) is 8.37. The Balaban J connectivity index is 1.53. The highest BCUT2D eigenvalue weighted by Crippen LogP contribution is 2.67. The molecule has 0 aromatic rings. The Morgan fingerprint density at radius 2 is 1.67 bits per heavy atom. The molecule has 0 amide bonds. The van der Waals surface area contributed by atoms with Crippen molar-refractivity contribution in [2.75, 3.05) is 5.88 Å². The Kier molecular flexibility index (Phi) is 5.15. The zero-order chi connectivity index (χ0) is 19.4. The number of fused-ring (bicyclic) bond motifs is 5. The lowest BCUT2D eigenvalue weighted by atomic mass is 9.44. The summed E-state index contributed by atoms with van der Waals surface area (Å²) in [6, 6.07) is 0. The molecule has 3 nitrogen and oxygen atoms in total. The summed E-state index contributed by atoms with van der Waals surface area (Å²) in [6.45, 7) is 6.45. The van der Waals surface area contributed by atoms with Crippen LogP contribution in [0.15, 0.2) is 0 Å². The number of ether oxygens (including phenoxy) is 1. The topological polar surface area (TPSA) is 43.4 Å². The Hall–Kier alpha value is -0.570. The normalized spacial score (nSPS) is 48.9. The van der Waals surface area contributed by atoms with E-state index in [1.165, 1.54) is 45.4 Å². The molecule has 0 saturated heterocycles. The van der Waals surface area contributed by atoms with Gasteiger partial charge in [0.25, 0.3) is 0 Å². The van der Waals surface area contributed by atoms with E-state index < -0.39 is 0 Å². The Bertz CT molecular complexity index is 619. The lowest BCUT2D eigenvalue weighted by Gasteiger charge is -2.61. The second kappa shape index (κ2) is 7.04. The zero-order valence-corrected chi connectivity index (χ0v) is 17.9. The van der Waals surface area contributed by atoms with E-state index in [1.54, 1.807) is 0 Å². The summed E-state index contributed by atoms with van der Waals surface area (Å²) in [4.78, 5) is 23.9. The second-order valence-corrected chi connectivity index (χ2v) is 10.7. The third-order valence-corrected chi connectivity index (χ3v) is 9.73. The van der Waals surface area contributed by atoms with Crippen LogP contribution in [0.3, 0.4) is 0 Å². The highest BCUT2D eigenvalue weighted by atomic mass is 35.5. The molecule has 0 heterocycles. The number of rotatable bonds is 3. The summed E-state index contributed by atoms with van der Waals surface area (Å²) >= 11 is 5.94. The Morgan fingerprint density at radius 1 is 0.963 bits per heavy atom. The van der Waals surface area contributed by atoms with Crippen LogP contribution < -0.4 is 0 Å². The van der Waals surface area contributed by atoms with Crippen LogP contribution in [0.4, 0.5) is 0 Å². The van der Waals surface area contributed by atoms with E-state index in [4.69, 9.17) is 16.3 Å². The van der Waals surface area contributed by atoms with Crippen LogP contribution in [0.1, 0.15) is 78.6 Å². The summed E-state index contributed by atoms with van der Waals surface area (Å²) in [5.41, 5.74) is 0.556. The predicted molar refractivity (Wildman–Crippen MR) is 106 cm³/mol. The molecule has 0 bridgehead atoms. The van der Waals surface area contributed by atoms with Crippen LogP contribution in [0.5, 0.6) is 0 Å². The minimum atomic E-state index is -0.133. The highest BCUT2D eigenvalue weighted by molar-refractivity contribution is 6.28. The number of Topliss-reactive ketones (excluding diaryl/α,β-unsaturated/α-hetero) is 1. The van der Waals surface area contributed by atoms with E-state index in [9.17, 15) is 9.59 Å². The quantitative estimate of drug-likeness (QED) is 0.476. The summed E-state index contributed by atoms with van der Waals surface area (Å²) < 4.78 is 5.57. The molecule has 4 aliphatic carbocycles. The molecule has 27 heavy (non-hydrogen) atoms. The maximum Gasteiger partial charge on any atom is 0.302 e. The molecule has 8 atom stereocenters. The Labute approximate surface area is 168 Å². The molecule has 0 aliphatic heterocycles. The zero-order valence-electron chi connectivity index (χ0n) is 17.1. The molecule has 0 aromatic carbocycles. The van der Waals surface area contributed by atoms with Gasteiger partial charge in [0, 0.05) is 12.8 Å². The molecule has 0 spiro atoms. The van der Waals surface area contributed by atoms with Gasteiger partial charge in [0.05, 0.1) is 5.88 Å². The van der Waals surface area contributed by atoms with Gasteiger partial charge in [-0.1, -0.05) is 13.8 Å². The highest BCUT2D eigenvalue weighted by Gasteiger charge is 2.61. The van der Waals surface area contributed by atoms with Gasteiger partial charge in [0.15, 0.2) is 5.78 Å². The minimum Gasteiger partial charge on any atom is -0.463 e. The van der Waals surface area contributed by atoms with Crippen LogP contribution >= 0.6 is 11.6 Å². The van der Waals surface area contributed by atoms with Gasteiger partial charge in [0.2, 0.25) is 0 Å². The molecule has 4 aliphatic rings. The second-order valence-electron chi connectivity index (χ2n) is 10.4. The maximum atomic E-state index is 12.5. The first-order chi connectivity index (χ1) is 12.8. The standard InChI is InChI=1S/C23H35ClO3/c1-14(25)27-16-8-10-22(2)15(12-16)4-5-17-18-6-7-20(21(26)13-24)23(18,3)11-9-19(17)22/h15-20H,4-13H2,1-3H3. The molecule has 4 rings (SSSR count). The molecule has 4 fully saturated rings. The first-order valence-corrected chi connectivity index (χ1v) is 11.6. The van der Waals surface area contributed by atoms with Crippen molar-refractivity contribution in [3.05, 3.63) is 0 Å². The van der Waals surface area contributed by atoms with E-state index >= 15 is 0 Å². The number of ketones is 1. The van der Waals surface area contributed by atoms with Gasteiger partial charge in [-0.2, -0.15) is 0 Å². The molecule has 8 unspecified atom stereocenters. The number of carbonyl (C=O) groups excluding carboxylic acids is 2. The van der Waals surface area contributed by atoms with Gasteiger partial charge in [0.1, 0.15) is 6.10 Å². The molecular formula is C23H35ClO3. The predicted octanol–water partition coefficient (Wildman–Crippen LogP) is 5.38. The van der Waals surface area contributed by atoms with E-state index in [1.807, 2.05) is 0 Å².